The number of carbonyl (C=O) groups is 2. The van der Waals surface area contributed by atoms with Crippen LogP contribution < -0.4 is 5.32 Å². The molecule has 1 aromatic carbocycles. The molecule has 2 atom stereocenters. The molecule has 2 unspecified atom stereocenters. The molecule has 0 fully saturated rings. The summed E-state index contributed by atoms with van der Waals surface area (Å²) >= 11 is 0. The van der Waals surface area contributed by atoms with E-state index in [0.29, 0.717) is 5.56 Å². The van der Waals surface area contributed by atoms with Gasteiger partial charge in [-0.05, 0) is 37.6 Å². The lowest BCUT2D eigenvalue weighted by atomic mass is 10.1. The maximum Gasteiger partial charge on any atom is 0.328 e. The van der Waals surface area contributed by atoms with E-state index in [0.717, 1.165) is 0 Å². The Kier molecular flexibility index (Phi) is 4.28. The number of carboxylic acids is 1. The minimum Gasteiger partial charge on any atom is -0.508 e. The van der Waals surface area contributed by atoms with E-state index in [1.54, 1.807) is 6.92 Å². The fourth-order valence-electron chi connectivity index (χ4n) is 1.41. The fourth-order valence-corrected chi connectivity index (χ4v) is 1.41. The molecule has 0 aliphatic heterocycles. The van der Waals surface area contributed by atoms with Crippen LogP contribution in [-0.2, 0) is 4.79 Å². The SMILES string of the molecule is Cc1cc(C(=O)NC(C(=O)O)C(C)O)ccc1O. The lowest BCUT2D eigenvalue weighted by Crippen LogP contribution is -2.47. The molecule has 0 heterocycles. The topological polar surface area (TPSA) is 107 Å². The first-order chi connectivity index (χ1) is 8.32. The molecule has 0 aliphatic carbocycles. The number of rotatable bonds is 4. The van der Waals surface area contributed by atoms with Gasteiger partial charge in [-0.3, -0.25) is 4.79 Å². The van der Waals surface area contributed by atoms with Crippen molar-refractivity contribution in [3.8, 4) is 5.75 Å². The van der Waals surface area contributed by atoms with Crippen LogP contribution in [0.15, 0.2) is 18.2 Å². The van der Waals surface area contributed by atoms with Gasteiger partial charge in [-0.1, -0.05) is 0 Å². The summed E-state index contributed by atoms with van der Waals surface area (Å²) in [5.74, 6) is -1.88. The van der Waals surface area contributed by atoms with Gasteiger partial charge in [0.25, 0.3) is 5.91 Å². The van der Waals surface area contributed by atoms with Crippen LogP contribution in [0, 0.1) is 6.92 Å². The van der Waals surface area contributed by atoms with Crippen molar-refractivity contribution in [1.29, 1.82) is 0 Å². The van der Waals surface area contributed by atoms with Gasteiger partial charge in [0.1, 0.15) is 5.75 Å². The third kappa shape index (κ3) is 3.21. The Morgan fingerprint density at radius 2 is 1.94 bits per heavy atom. The molecule has 6 nitrogen and oxygen atoms in total. The van der Waals surface area contributed by atoms with Gasteiger partial charge in [0.05, 0.1) is 6.10 Å². The summed E-state index contributed by atoms with van der Waals surface area (Å²) in [6, 6.07) is 2.79. The van der Waals surface area contributed by atoms with E-state index in [-0.39, 0.29) is 11.3 Å². The first-order valence-corrected chi connectivity index (χ1v) is 5.34. The highest BCUT2D eigenvalue weighted by atomic mass is 16.4. The van der Waals surface area contributed by atoms with Crippen molar-refractivity contribution < 1.29 is 24.9 Å². The van der Waals surface area contributed by atoms with Gasteiger partial charge >= 0.3 is 5.97 Å². The van der Waals surface area contributed by atoms with Crippen LogP contribution >= 0.6 is 0 Å². The zero-order chi connectivity index (χ0) is 13.9. The molecule has 0 saturated carbocycles. The van der Waals surface area contributed by atoms with E-state index < -0.39 is 24.0 Å². The van der Waals surface area contributed by atoms with Crippen LogP contribution in [0.1, 0.15) is 22.8 Å². The van der Waals surface area contributed by atoms with E-state index in [1.165, 1.54) is 25.1 Å². The molecule has 0 saturated heterocycles. The van der Waals surface area contributed by atoms with Crippen LogP contribution in [0.25, 0.3) is 0 Å². The summed E-state index contributed by atoms with van der Waals surface area (Å²) in [4.78, 5) is 22.6. The first-order valence-electron chi connectivity index (χ1n) is 5.34. The van der Waals surface area contributed by atoms with Gasteiger partial charge in [-0.25, -0.2) is 4.79 Å². The number of carboxylic acid groups (broad SMARTS) is 1. The van der Waals surface area contributed by atoms with Gasteiger partial charge in [0, 0.05) is 5.56 Å². The number of hydrogen-bond acceptors (Lipinski definition) is 4. The van der Waals surface area contributed by atoms with Crippen molar-refractivity contribution in [1.82, 2.24) is 5.32 Å². The number of aromatic hydroxyl groups is 1. The van der Waals surface area contributed by atoms with Crippen LogP contribution in [0.5, 0.6) is 5.75 Å². The summed E-state index contributed by atoms with van der Waals surface area (Å²) in [7, 11) is 0. The molecule has 98 valence electrons. The summed E-state index contributed by atoms with van der Waals surface area (Å²) in [5, 5.41) is 29.6. The molecule has 18 heavy (non-hydrogen) atoms. The van der Waals surface area contributed by atoms with Crippen molar-refractivity contribution in [3.63, 3.8) is 0 Å². The Balaban J connectivity index is 2.87. The zero-order valence-electron chi connectivity index (χ0n) is 10.0. The van der Waals surface area contributed by atoms with Gasteiger partial charge in [0.2, 0.25) is 0 Å². The number of amides is 1. The molecule has 0 bridgehead atoms. The summed E-state index contributed by atoms with van der Waals surface area (Å²) in [6.07, 6.45) is -1.20. The van der Waals surface area contributed by atoms with Gasteiger partial charge in [0.15, 0.2) is 6.04 Å². The summed E-state index contributed by atoms with van der Waals surface area (Å²) < 4.78 is 0. The molecule has 1 aromatic rings. The molecular weight excluding hydrogens is 238 g/mol. The van der Waals surface area contributed by atoms with Crippen LogP contribution in [0.4, 0.5) is 0 Å². The third-order valence-corrected chi connectivity index (χ3v) is 2.49. The average molecular weight is 253 g/mol. The molecule has 6 heteroatoms. The number of phenolic OH excluding ortho intramolecular Hbond substituents is 1. The van der Waals surface area contributed by atoms with Crippen molar-refractivity contribution in [2.24, 2.45) is 0 Å². The van der Waals surface area contributed by atoms with Crippen molar-refractivity contribution >= 4 is 11.9 Å². The molecular formula is C12H15NO5. The smallest absolute Gasteiger partial charge is 0.328 e. The number of phenols is 1. The third-order valence-electron chi connectivity index (χ3n) is 2.49. The average Bonchev–Trinajstić information content (AvgIpc) is 2.28. The number of benzene rings is 1. The van der Waals surface area contributed by atoms with Crippen LogP contribution in [0.3, 0.4) is 0 Å². The maximum absolute atomic E-state index is 11.8. The van der Waals surface area contributed by atoms with Gasteiger partial charge in [-0.15, -0.1) is 0 Å². The number of aliphatic hydroxyl groups excluding tert-OH is 1. The highest BCUT2D eigenvalue weighted by Gasteiger charge is 2.25. The molecule has 1 rings (SSSR count). The summed E-state index contributed by atoms with van der Waals surface area (Å²) in [5.41, 5.74) is 0.726. The predicted octanol–water partition coefficient (Wildman–Crippen LogP) is 0.264. The number of aliphatic hydroxyl groups is 1. The number of aryl methyl sites for hydroxylation is 1. The molecule has 1 amide bonds. The lowest BCUT2D eigenvalue weighted by Gasteiger charge is -2.17. The Hall–Kier alpha value is -2.08. The Labute approximate surface area is 104 Å². The standard InChI is InChI=1S/C12H15NO5/c1-6-5-8(3-4-9(6)15)11(16)13-10(7(2)14)12(17)18/h3-5,7,10,14-15H,1-2H3,(H,13,16)(H,17,18). The quantitative estimate of drug-likeness (QED) is 0.616. The molecule has 0 aromatic heterocycles. The maximum atomic E-state index is 11.8. The Bertz CT molecular complexity index is 470. The van der Waals surface area contributed by atoms with Crippen molar-refractivity contribution in [3.05, 3.63) is 29.3 Å². The second kappa shape index (κ2) is 5.50. The second-order valence-corrected chi connectivity index (χ2v) is 4.03. The highest BCUT2D eigenvalue weighted by molar-refractivity contribution is 5.97. The predicted molar refractivity (Wildman–Crippen MR) is 63.4 cm³/mol. The molecule has 4 N–H and O–H groups in total. The molecule has 0 radical (unpaired) electrons. The van der Waals surface area contributed by atoms with Crippen LogP contribution in [0.2, 0.25) is 0 Å². The number of nitrogens with one attached hydrogen (secondary N) is 1. The van der Waals surface area contributed by atoms with E-state index in [1.807, 2.05) is 0 Å². The molecule has 0 aliphatic rings. The fraction of sp³-hybridized carbons (Fsp3) is 0.333. The van der Waals surface area contributed by atoms with Crippen molar-refractivity contribution in [2.45, 2.75) is 26.0 Å². The second-order valence-electron chi connectivity index (χ2n) is 4.03. The first kappa shape index (κ1) is 14.0. The zero-order valence-corrected chi connectivity index (χ0v) is 10.0. The highest BCUT2D eigenvalue weighted by Crippen LogP contribution is 2.16. The lowest BCUT2D eigenvalue weighted by molar-refractivity contribution is -0.141. The van der Waals surface area contributed by atoms with E-state index in [4.69, 9.17) is 5.11 Å². The summed E-state index contributed by atoms with van der Waals surface area (Å²) in [6.45, 7) is 2.90. The molecule has 0 spiro atoms. The number of hydrogen-bond donors (Lipinski definition) is 4. The minimum atomic E-state index is -1.37. The van der Waals surface area contributed by atoms with Crippen LogP contribution in [-0.4, -0.2) is 39.3 Å². The largest absolute Gasteiger partial charge is 0.508 e. The normalized spacial score (nSPS) is 13.7. The number of carbonyl (C=O) groups excluding carboxylic acids is 1. The van der Waals surface area contributed by atoms with E-state index in [2.05, 4.69) is 5.32 Å². The van der Waals surface area contributed by atoms with Gasteiger partial charge in [-0.2, -0.15) is 0 Å². The number of aliphatic carboxylic acids is 1. The van der Waals surface area contributed by atoms with Crippen molar-refractivity contribution in [2.75, 3.05) is 0 Å². The monoisotopic (exact) mass is 253 g/mol. The van der Waals surface area contributed by atoms with E-state index in [9.17, 15) is 19.8 Å². The minimum absolute atomic E-state index is 0.0526. The Morgan fingerprint density at radius 1 is 1.33 bits per heavy atom. The van der Waals surface area contributed by atoms with Gasteiger partial charge < -0.3 is 20.6 Å². The van der Waals surface area contributed by atoms with E-state index >= 15 is 0 Å². The Morgan fingerprint density at radius 3 is 2.39 bits per heavy atom.